The van der Waals surface area contributed by atoms with Crippen LogP contribution in [0.1, 0.15) is 10.4 Å². The van der Waals surface area contributed by atoms with E-state index in [0.717, 1.165) is 6.07 Å². The third-order valence-corrected chi connectivity index (χ3v) is 2.75. The first kappa shape index (κ1) is 14.4. The van der Waals surface area contributed by atoms with Crippen molar-refractivity contribution in [3.8, 4) is 0 Å². The van der Waals surface area contributed by atoms with Crippen LogP contribution in [-0.2, 0) is 0 Å². The normalized spacial score (nSPS) is 10.4. The second-order valence-electron chi connectivity index (χ2n) is 3.64. The number of halogens is 4. The molecule has 0 fully saturated rings. The van der Waals surface area contributed by atoms with Crippen molar-refractivity contribution in [2.24, 2.45) is 5.73 Å². The van der Waals surface area contributed by atoms with Gasteiger partial charge in [0.2, 0.25) is 5.28 Å². The van der Waals surface area contributed by atoms with Crippen molar-refractivity contribution in [1.29, 1.82) is 0 Å². The molecule has 0 saturated carbocycles. The summed E-state index contributed by atoms with van der Waals surface area (Å²) in [5, 5.41) is 2.52. The van der Waals surface area contributed by atoms with Gasteiger partial charge in [0.25, 0.3) is 5.91 Å². The molecule has 0 spiro atoms. The molecule has 9 heteroatoms. The van der Waals surface area contributed by atoms with Crippen molar-refractivity contribution in [2.75, 3.05) is 5.32 Å². The molecule has 0 radical (unpaired) electrons. The quantitative estimate of drug-likeness (QED) is 0.853. The zero-order valence-electron chi connectivity index (χ0n) is 9.62. The molecule has 1 amide bonds. The van der Waals surface area contributed by atoms with E-state index in [1.807, 2.05) is 0 Å². The van der Waals surface area contributed by atoms with E-state index in [1.54, 1.807) is 0 Å². The summed E-state index contributed by atoms with van der Waals surface area (Å²) in [6.45, 7) is 0. The fraction of sp³-hybridized carbons (Fsp3) is 0. The van der Waals surface area contributed by atoms with Crippen LogP contribution in [0.25, 0.3) is 0 Å². The minimum atomic E-state index is -1.20. The third-order valence-electron chi connectivity index (χ3n) is 2.29. The van der Waals surface area contributed by atoms with Crippen molar-refractivity contribution >= 4 is 40.6 Å². The zero-order valence-corrected chi connectivity index (χ0v) is 11.1. The number of aromatic nitrogens is 2. The van der Waals surface area contributed by atoms with Gasteiger partial charge in [-0.3, -0.25) is 4.79 Å². The fourth-order valence-electron chi connectivity index (χ4n) is 1.41. The molecule has 1 heterocycles. The van der Waals surface area contributed by atoms with E-state index in [2.05, 4.69) is 15.3 Å². The summed E-state index contributed by atoms with van der Waals surface area (Å²) in [5.74, 6) is -3.27. The van der Waals surface area contributed by atoms with Crippen LogP contribution >= 0.6 is 23.2 Å². The Bertz CT molecular complexity index is 696. The van der Waals surface area contributed by atoms with Gasteiger partial charge in [-0.15, -0.1) is 0 Å². The number of rotatable bonds is 3. The lowest BCUT2D eigenvalue weighted by atomic mass is 10.1. The van der Waals surface area contributed by atoms with Crippen LogP contribution in [0.2, 0.25) is 10.3 Å². The number of anilines is 2. The molecule has 1 aromatic carbocycles. The molecule has 1 aromatic heterocycles. The number of nitrogens with two attached hydrogens (primary N) is 1. The second-order valence-corrected chi connectivity index (χ2v) is 4.38. The van der Waals surface area contributed by atoms with Crippen molar-refractivity contribution in [1.82, 2.24) is 9.97 Å². The topological polar surface area (TPSA) is 80.9 Å². The van der Waals surface area contributed by atoms with Gasteiger partial charge in [0, 0.05) is 6.07 Å². The van der Waals surface area contributed by atoms with Gasteiger partial charge in [0.15, 0.2) is 17.5 Å². The third kappa shape index (κ3) is 2.94. The molecule has 0 aliphatic heterocycles. The largest absolute Gasteiger partial charge is 0.366 e. The van der Waals surface area contributed by atoms with Gasteiger partial charge in [-0.2, -0.15) is 4.98 Å². The van der Waals surface area contributed by atoms with Crippen LogP contribution in [-0.4, -0.2) is 15.9 Å². The molecular formula is C11H6Cl2F2N4O. The Morgan fingerprint density at radius 1 is 1.25 bits per heavy atom. The minimum Gasteiger partial charge on any atom is -0.366 e. The highest BCUT2D eigenvalue weighted by molar-refractivity contribution is 6.33. The number of amides is 1. The zero-order chi connectivity index (χ0) is 14.9. The number of nitrogens with zero attached hydrogens (tertiary/aromatic N) is 2. The highest BCUT2D eigenvalue weighted by atomic mass is 35.5. The van der Waals surface area contributed by atoms with Crippen LogP contribution in [0.5, 0.6) is 0 Å². The number of benzene rings is 1. The maximum atomic E-state index is 13.2. The molecular weight excluding hydrogens is 313 g/mol. The molecule has 2 aromatic rings. The lowest BCUT2D eigenvalue weighted by Gasteiger charge is -2.11. The summed E-state index contributed by atoms with van der Waals surface area (Å²) >= 11 is 11.4. The van der Waals surface area contributed by atoms with Gasteiger partial charge in [-0.1, -0.05) is 11.6 Å². The van der Waals surface area contributed by atoms with E-state index < -0.39 is 17.5 Å². The molecule has 104 valence electrons. The maximum Gasteiger partial charge on any atom is 0.250 e. The number of hydrogen-bond donors (Lipinski definition) is 2. The number of primary amides is 1. The van der Waals surface area contributed by atoms with Crippen molar-refractivity contribution < 1.29 is 13.6 Å². The average Bonchev–Trinajstić information content (AvgIpc) is 2.37. The Morgan fingerprint density at radius 2 is 1.90 bits per heavy atom. The summed E-state index contributed by atoms with van der Waals surface area (Å²) in [4.78, 5) is 18.6. The first-order valence-electron chi connectivity index (χ1n) is 5.12. The Morgan fingerprint density at radius 3 is 2.55 bits per heavy atom. The van der Waals surface area contributed by atoms with E-state index in [1.165, 1.54) is 6.20 Å². The Balaban J connectivity index is 2.50. The molecule has 20 heavy (non-hydrogen) atoms. The fourth-order valence-corrected chi connectivity index (χ4v) is 1.69. The van der Waals surface area contributed by atoms with Gasteiger partial charge in [0.1, 0.15) is 5.02 Å². The Kier molecular flexibility index (Phi) is 4.01. The smallest absolute Gasteiger partial charge is 0.250 e. The molecule has 0 bridgehead atoms. The van der Waals surface area contributed by atoms with Gasteiger partial charge < -0.3 is 11.1 Å². The van der Waals surface area contributed by atoms with Gasteiger partial charge in [-0.25, -0.2) is 13.8 Å². The van der Waals surface area contributed by atoms with Gasteiger partial charge in [-0.05, 0) is 17.7 Å². The Hall–Kier alpha value is -1.99. The predicted octanol–water partition coefficient (Wildman–Crippen LogP) is 2.90. The summed E-state index contributed by atoms with van der Waals surface area (Å²) in [6, 6.07) is 1.44. The minimum absolute atomic E-state index is 0.0279. The first-order chi connectivity index (χ1) is 9.38. The number of carbonyl (C=O) groups excluding carboxylic acids is 1. The van der Waals surface area contributed by atoms with E-state index >= 15 is 0 Å². The molecule has 0 aliphatic carbocycles. The standard InChI is InChI=1S/C11H6Cl2F2N4O/c12-5-3-17-11(13)19-10(5)18-8-2-7(15)6(14)1-4(8)9(16)20/h1-3H,(H2,16,20)(H,17,18,19). The molecule has 0 atom stereocenters. The number of carbonyl (C=O) groups is 1. The average molecular weight is 319 g/mol. The molecule has 0 aliphatic rings. The first-order valence-corrected chi connectivity index (χ1v) is 5.88. The van der Waals surface area contributed by atoms with Crippen LogP contribution < -0.4 is 11.1 Å². The summed E-state index contributed by atoms with van der Waals surface area (Å²) in [6.07, 6.45) is 1.21. The number of nitrogens with one attached hydrogen (secondary N) is 1. The van der Waals surface area contributed by atoms with Crippen molar-refractivity contribution in [3.05, 3.63) is 45.8 Å². The van der Waals surface area contributed by atoms with E-state index in [0.29, 0.717) is 6.07 Å². The highest BCUT2D eigenvalue weighted by Crippen LogP contribution is 2.27. The van der Waals surface area contributed by atoms with Crippen LogP contribution in [0.15, 0.2) is 18.3 Å². The van der Waals surface area contributed by atoms with E-state index in [4.69, 9.17) is 28.9 Å². The monoisotopic (exact) mass is 318 g/mol. The van der Waals surface area contributed by atoms with E-state index in [-0.39, 0.29) is 27.4 Å². The molecule has 0 unspecified atom stereocenters. The SMILES string of the molecule is NC(=O)c1cc(F)c(F)cc1Nc1nc(Cl)ncc1Cl. The lowest BCUT2D eigenvalue weighted by Crippen LogP contribution is -2.14. The molecule has 0 saturated heterocycles. The van der Waals surface area contributed by atoms with Gasteiger partial charge in [0.05, 0.1) is 17.4 Å². The van der Waals surface area contributed by atoms with E-state index in [9.17, 15) is 13.6 Å². The predicted molar refractivity (Wildman–Crippen MR) is 70.2 cm³/mol. The van der Waals surface area contributed by atoms with Crippen LogP contribution in [0, 0.1) is 11.6 Å². The van der Waals surface area contributed by atoms with Crippen molar-refractivity contribution in [2.45, 2.75) is 0 Å². The van der Waals surface area contributed by atoms with Crippen LogP contribution in [0.3, 0.4) is 0 Å². The molecule has 5 nitrogen and oxygen atoms in total. The summed E-state index contributed by atoms with van der Waals surface area (Å²) in [7, 11) is 0. The van der Waals surface area contributed by atoms with Crippen LogP contribution in [0.4, 0.5) is 20.3 Å². The molecule has 2 rings (SSSR count). The summed E-state index contributed by atoms with van der Waals surface area (Å²) in [5.41, 5.74) is 4.75. The maximum absolute atomic E-state index is 13.2. The lowest BCUT2D eigenvalue weighted by molar-refractivity contribution is 0.100. The van der Waals surface area contributed by atoms with Crippen molar-refractivity contribution in [3.63, 3.8) is 0 Å². The number of hydrogen-bond acceptors (Lipinski definition) is 4. The Labute approximate surface area is 121 Å². The summed E-state index contributed by atoms with van der Waals surface area (Å²) < 4.78 is 26.4. The van der Waals surface area contributed by atoms with Gasteiger partial charge >= 0.3 is 0 Å². The highest BCUT2D eigenvalue weighted by Gasteiger charge is 2.15. The second kappa shape index (κ2) is 5.56. The molecule has 3 N–H and O–H groups in total.